The zero-order valence-corrected chi connectivity index (χ0v) is 22.2. The highest BCUT2D eigenvalue weighted by molar-refractivity contribution is 6.31. The maximum atomic E-state index is 12.1. The molecule has 2 aromatic carbocycles. The topological polar surface area (TPSA) is 140 Å². The van der Waals surface area contributed by atoms with Crippen molar-refractivity contribution in [3.05, 3.63) is 64.2 Å². The molecular weight excluding hydrogens is 519 g/mol. The van der Waals surface area contributed by atoms with Crippen LogP contribution < -0.4 is 4.74 Å². The predicted molar refractivity (Wildman–Crippen MR) is 138 cm³/mol. The molecule has 0 spiro atoms. The second kappa shape index (κ2) is 11.0. The molecule has 8 nitrogen and oxygen atoms in total. The number of halogens is 2. The van der Waals surface area contributed by atoms with Crippen LogP contribution in [0.2, 0.25) is 5.02 Å². The lowest BCUT2D eigenvalue weighted by atomic mass is 9.55. The predicted octanol–water partition coefficient (Wildman–Crippen LogP) is 1.51. The highest BCUT2D eigenvalue weighted by Crippen LogP contribution is 2.63. The molecule has 4 rings (SSSR count). The van der Waals surface area contributed by atoms with Crippen LogP contribution in [0.3, 0.4) is 0 Å². The molecule has 2 bridgehead atoms. The van der Waals surface area contributed by atoms with Gasteiger partial charge in [0.15, 0.2) is 0 Å². The summed E-state index contributed by atoms with van der Waals surface area (Å²) in [6.07, 6.45) is -7.88. The van der Waals surface area contributed by atoms with Crippen LogP contribution in [0.25, 0.3) is 0 Å². The molecule has 0 saturated heterocycles. The van der Waals surface area contributed by atoms with Crippen molar-refractivity contribution >= 4 is 11.6 Å². The van der Waals surface area contributed by atoms with Gasteiger partial charge in [-0.15, -0.1) is 0 Å². The molecule has 2 aromatic rings. The summed E-state index contributed by atoms with van der Waals surface area (Å²) in [4.78, 5) is 0. The normalized spacial score (nSPS) is 32.9. The van der Waals surface area contributed by atoms with Crippen molar-refractivity contribution in [2.45, 2.75) is 68.2 Å². The van der Waals surface area contributed by atoms with Gasteiger partial charge < -0.3 is 40.1 Å². The van der Waals surface area contributed by atoms with E-state index in [1.165, 1.54) is 13.8 Å². The Morgan fingerprint density at radius 2 is 1.66 bits per heavy atom. The van der Waals surface area contributed by atoms with Gasteiger partial charge in [-0.25, -0.2) is 4.39 Å². The second-order valence-electron chi connectivity index (χ2n) is 10.8. The zero-order valence-electron chi connectivity index (χ0n) is 21.4. The van der Waals surface area contributed by atoms with Crippen molar-refractivity contribution in [1.29, 1.82) is 0 Å². The Hall–Kier alpha value is -1.82. The van der Waals surface area contributed by atoms with Gasteiger partial charge in [0.1, 0.15) is 25.1 Å². The van der Waals surface area contributed by atoms with Crippen LogP contribution in [-0.2, 0) is 16.6 Å². The molecule has 6 N–H and O–H groups in total. The lowest BCUT2D eigenvalue weighted by Crippen LogP contribution is -2.72. The second-order valence-corrected chi connectivity index (χ2v) is 11.2. The lowest BCUT2D eigenvalue weighted by Gasteiger charge is -2.56. The Balaban J connectivity index is 1.62. The number of benzene rings is 2. The average Bonchev–Trinajstić information content (AvgIpc) is 3.09. The highest BCUT2D eigenvalue weighted by atomic mass is 35.5. The number of hydrogen-bond acceptors (Lipinski definition) is 8. The zero-order chi connectivity index (χ0) is 27.9. The third-order valence-corrected chi connectivity index (χ3v) is 8.78. The van der Waals surface area contributed by atoms with Crippen molar-refractivity contribution in [1.82, 2.24) is 0 Å². The average molecular weight is 555 g/mol. The Morgan fingerprint density at radius 1 is 0.974 bits per heavy atom. The van der Waals surface area contributed by atoms with Crippen LogP contribution in [-0.4, -0.2) is 93.3 Å². The van der Waals surface area contributed by atoms with Gasteiger partial charge >= 0.3 is 0 Å². The van der Waals surface area contributed by atoms with Crippen LogP contribution >= 0.6 is 11.6 Å². The Bertz CT molecular complexity index is 1110. The van der Waals surface area contributed by atoms with Gasteiger partial charge in [0.25, 0.3) is 0 Å². The highest BCUT2D eigenvalue weighted by Gasteiger charge is 2.77. The van der Waals surface area contributed by atoms with Gasteiger partial charge in [-0.1, -0.05) is 35.9 Å². The first-order chi connectivity index (χ1) is 17.9. The number of aliphatic hydroxyl groups excluding tert-OH is 5. The van der Waals surface area contributed by atoms with Crippen LogP contribution in [0.15, 0.2) is 42.5 Å². The molecule has 0 aliphatic heterocycles. The molecule has 0 heterocycles. The molecule has 2 saturated carbocycles. The van der Waals surface area contributed by atoms with E-state index in [-0.39, 0.29) is 26.2 Å². The molecule has 0 aromatic heterocycles. The summed E-state index contributed by atoms with van der Waals surface area (Å²) in [6.45, 7) is 2.87. The van der Waals surface area contributed by atoms with E-state index >= 15 is 0 Å². The molecule has 210 valence electrons. The smallest absolute Gasteiger partial charge is 0.119 e. The summed E-state index contributed by atoms with van der Waals surface area (Å²) in [5.74, 6) is 0.620. The molecule has 7 atom stereocenters. The molecular formula is C28H36ClFO8. The first kappa shape index (κ1) is 29.2. The van der Waals surface area contributed by atoms with E-state index in [4.69, 9.17) is 21.1 Å². The fourth-order valence-electron chi connectivity index (χ4n) is 6.36. The van der Waals surface area contributed by atoms with Crippen molar-refractivity contribution in [2.24, 2.45) is 5.41 Å². The molecule has 38 heavy (non-hydrogen) atoms. The Kier molecular flexibility index (Phi) is 8.43. The van der Waals surface area contributed by atoms with Gasteiger partial charge in [-0.2, -0.15) is 0 Å². The summed E-state index contributed by atoms with van der Waals surface area (Å²) in [6, 6.07) is 12.1. The maximum Gasteiger partial charge on any atom is 0.119 e. The maximum absolute atomic E-state index is 12.1. The lowest BCUT2D eigenvalue weighted by molar-refractivity contribution is -0.254. The number of rotatable bonds is 10. The van der Waals surface area contributed by atoms with Crippen LogP contribution in [0, 0.1) is 5.41 Å². The third kappa shape index (κ3) is 4.63. The number of alkyl halides is 1. The largest absolute Gasteiger partial charge is 0.491 e. The summed E-state index contributed by atoms with van der Waals surface area (Å²) >= 11 is 6.50. The first-order valence-electron chi connectivity index (χ1n) is 12.7. The van der Waals surface area contributed by atoms with Crippen molar-refractivity contribution < 1.29 is 44.5 Å². The van der Waals surface area contributed by atoms with E-state index in [2.05, 4.69) is 0 Å². The summed E-state index contributed by atoms with van der Waals surface area (Å²) < 4.78 is 22.7. The van der Waals surface area contributed by atoms with Crippen molar-refractivity contribution in [2.75, 3.05) is 26.5 Å². The first-order valence-corrected chi connectivity index (χ1v) is 13.1. The van der Waals surface area contributed by atoms with Crippen LogP contribution in [0.5, 0.6) is 5.75 Å². The monoisotopic (exact) mass is 554 g/mol. The molecule has 0 radical (unpaired) electrons. The Labute approximate surface area is 226 Å². The van der Waals surface area contributed by atoms with Crippen molar-refractivity contribution in [3.8, 4) is 5.75 Å². The van der Waals surface area contributed by atoms with E-state index in [1.807, 2.05) is 12.1 Å². The van der Waals surface area contributed by atoms with E-state index < -0.39 is 53.6 Å². The van der Waals surface area contributed by atoms with Crippen LogP contribution in [0.4, 0.5) is 4.39 Å². The fraction of sp³-hybridized carbons (Fsp3) is 0.571. The minimum atomic E-state index is -1.76. The molecule has 2 fully saturated rings. The SMILES string of the molecule is CC(C)(O)[C@@]12CC(O)[C@@](c3ccc(Cl)c(Cc4ccc(OCCOCCF)cc4)c3)(C1O)[C@@H](O)[C@H](O)[C@H]2O. The molecule has 10 heteroatoms. The number of hydrogen-bond donors (Lipinski definition) is 6. The van der Waals surface area contributed by atoms with Gasteiger partial charge in [0.05, 0.1) is 54.1 Å². The number of ether oxygens (including phenoxy) is 2. The Morgan fingerprint density at radius 3 is 2.29 bits per heavy atom. The third-order valence-electron chi connectivity index (χ3n) is 8.41. The summed E-state index contributed by atoms with van der Waals surface area (Å²) in [7, 11) is 0. The minimum Gasteiger partial charge on any atom is -0.491 e. The molecule has 2 unspecified atom stereocenters. The van der Waals surface area contributed by atoms with Gasteiger partial charge in [-0.05, 0) is 61.6 Å². The van der Waals surface area contributed by atoms with E-state index in [0.717, 1.165) is 5.56 Å². The standard InChI is InChI=1S/C28H36ClFO8/c1-26(2,36)27-15-21(31)28(25(27)35,24(34)22(32)23(27)33)18-5-8-20(29)17(14-18)13-16-3-6-19(7-4-16)38-12-11-37-10-9-30/h3-8,14,21-25,31-36H,9-13,15H2,1-2H3/t21?,22-,23-,24+,25?,27-,28-/m1/s1. The van der Waals surface area contributed by atoms with Gasteiger partial charge in [0.2, 0.25) is 0 Å². The van der Waals surface area contributed by atoms with Gasteiger partial charge in [-0.3, -0.25) is 0 Å². The fourth-order valence-corrected chi connectivity index (χ4v) is 6.54. The number of fused-ring (bicyclic) bond motifs is 2. The molecule has 2 aliphatic carbocycles. The molecule has 0 amide bonds. The number of aliphatic hydroxyl groups is 6. The van der Waals surface area contributed by atoms with Gasteiger partial charge in [0, 0.05) is 5.02 Å². The van der Waals surface area contributed by atoms with Crippen molar-refractivity contribution in [3.63, 3.8) is 0 Å². The summed E-state index contributed by atoms with van der Waals surface area (Å²) in [5, 5.41) is 67.2. The summed E-state index contributed by atoms with van der Waals surface area (Å²) in [5.41, 5.74) is -3.25. The van der Waals surface area contributed by atoms with Crippen LogP contribution in [0.1, 0.15) is 37.0 Å². The minimum absolute atomic E-state index is 0.0345. The van der Waals surface area contributed by atoms with E-state index in [9.17, 15) is 35.0 Å². The molecule has 2 aliphatic rings. The van der Waals surface area contributed by atoms with E-state index in [0.29, 0.717) is 28.3 Å². The quantitative estimate of drug-likeness (QED) is 0.243. The van der Waals surface area contributed by atoms with E-state index in [1.54, 1.807) is 30.3 Å².